The second kappa shape index (κ2) is 8.43. The highest BCUT2D eigenvalue weighted by molar-refractivity contribution is 5.81. The monoisotopic (exact) mass is 342 g/mol. The van der Waals surface area contributed by atoms with Crippen molar-refractivity contribution in [1.82, 2.24) is 15.5 Å². The molecule has 0 aromatic heterocycles. The van der Waals surface area contributed by atoms with Crippen molar-refractivity contribution in [1.29, 1.82) is 5.26 Å². The minimum Gasteiger partial charge on any atom is -0.367 e. The van der Waals surface area contributed by atoms with Crippen molar-refractivity contribution in [3.8, 4) is 6.07 Å². The zero-order chi connectivity index (χ0) is 17.6. The van der Waals surface area contributed by atoms with Gasteiger partial charge in [-0.2, -0.15) is 5.26 Å². The molecule has 1 fully saturated rings. The Hall–Kier alpha value is -1.94. The summed E-state index contributed by atoms with van der Waals surface area (Å²) in [4.78, 5) is 14.7. The first-order chi connectivity index (χ1) is 12.2. The number of rotatable bonds is 4. The van der Waals surface area contributed by atoms with Gasteiger partial charge in [0.05, 0.1) is 6.07 Å². The van der Waals surface area contributed by atoms with Crippen LogP contribution in [0, 0.1) is 11.3 Å². The van der Waals surface area contributed by atoms with Crippen LogP contribution in [0.3, 0.4) is 0 Å². The molecule has 1 aromatic carbocycles. The van der Waals surface area contributed by atoms with E-state index in [1.54, 1.807) is 0 Å². The van der Waals surface area contributed by atoms with E-state index in [9.17, 15) is 10.1 Å². The number of nitrogens with one attached hydrogen (secondary N) is 2. The first-order valence-electron chi connectivity index (χ1n) is 8.97. The van der Waals surface area contributed by atoms with Crippen LogP contribution in [-0.4, -0.2) is 56.2 Å². The van der Waals surface area contributed by atoms with E-state index in [1.165, 1.54) is 11.1 Å². The van der Waals surface area contributed by atoms with Crippen molar-refractivity contribution < 1.29 is 9.53 Å². The van der Waals surface area contributed by atoms with E-state index >= 15 is 0 Å². The highest BCUT2D eigenvalue weighted by Crippen LogP contribution is 2.20. The third-order valence-electron chi connectivity index (χ3n) is 4.83. The van der Waals surface area contributed by atoms with Crippen molar-refractivity contribution in [3.05, 3.63) is 34.9 Å². The number of hydrogen-bond acceptors (Lipinski definition) is 5. The lowest BCUT2D eigenvalue weighted by Gasteiger charge is -2.25. The lowest BCUT2D eigenvalue weighted by atomic mass is 9.95. The minimum atomic E-state index is -0.538. The summed E-state index contributed by atoms with van der Waals surface area (Å²) in [6, 6.07) is 8.07. The van der Waals surface area contributed by atoms with Crippen molar-refractivity contribution in [3.63, 3.8) is 0 Å². The Morgan fingerprint density at radius 1 is 1.52 bits per heavy atom. The molecule has 2 aliphatic heterocycles. The summed E-state index contributed by atoms with van der Waals surface area (Å²) in [5.41, 5.74) is 3.80. The SMILES string of the molecule is CN1CCc2cc(C[C@@H](C#N)NC(=O)[C@@H]3CNCCCO3)ccc2C1. The third-order valence-corrected chi connectivity index (χ3v) is 4.83. The smallest absolute Gasteiger partial charge is 0.251 e. The fourth-order valence-corrected chi connectivity index (χ4v) is 3.39. The van der Waals surface area contributed by atoms with Gasteiger partial charge in [0.15, 0.2) is 0 Å². The number of nitrogens with zero attached hydrogens (tertiary/aromatic N) is 2. The van der Waals surface area contributed by atoms with Gasteiger partial charge in [-0.3, -0.25) is 4.79 Å². The highest BCUT2D eigenvalue weighted by Gasteiger charge is 2.23. The molecule has 1 saturated heterocycles. The number of nitriles is 1. The van der Waals surface area contributed by atoms with Gasteiger partial charge in [-0.15, -0.1) is 0 Å². The summed E-state index contributed by atoms with van der Waals surface area (Å²) in [6.45, 7) is 3.95. The Bertz CT molecular complexity index is 647. The van der Waals surface area contributed by atoms with Gasteiger partial charge in [-0.1, -0.05) is 18.2 Å². The van der Waals surface area contributed by atoms with Crippen molar-refractivity contribution in [2.75, 3.05) is 33.3 Å². The summed E-state index contributed by atoms with van der Waals surface area (Å²) >= 11 is 0. The van der Waals surface area contributed by atoms with Gasteiger partial charge in [0.25, 0.3) is 5.91 Å². The van der Waals surface area contributed by atoms with Crippen LogP contribution in [0.15, 0.2) is 18.2 Å². The standard InChI is InChI=1S/C19H26N4O2/c1-23-7-5-15-9-14(3-4-16(15)13-23)10-17(11-20)22-19(24)18-12-21-6-2-8-25-18/h3-4,9,17-18,21H,2,5-8,10,12-13H2,1H3,(H,22,24)/t17-,18-/m0/s1. The molecule has 2 heterocycles. The number of carbonyl (C=O) groups is 1. The normalized spacial score (nSPS) is 22.3. The van der Waals surface area contributed by atoms with Gasteiger partial charge in [0, 0.05) is 32.7 Å². The van der Waals surface area contributed by atoms with Crippen LogP contribution in [0.2, 0.25) is 0 Å². The summed E-state index contributed by atoms with van der Waals surface area (Å²) < 4.78 is 5.56. The quantitative estimate of drug-likeness (QED) is 0.838. The molecule has 0 unspecified atom stereocenters. The van der Waals surface area contributed by atoms with E-state index in [0.29, 0.717) is 19.6 Å². The number of carbonyl (C=O) groups excluding carboxylic acids is 1. The van der Waals surface area contributed by atoms with Crippen LogP contribution < -0.4 is 10.6 Å². The van der Waals surface area contributed by atoms with Crippen LogP contribution >= 0.6 is 0 Å². The number of amides is 1. The van der Waals surface area contributed by atoms with Gasteiger partial charge >= 0.3 is 0 Å². The fraction of sp³-hybridized carbons (Fsp3) is 0.579. The van der Waals surface area contributed by atoms with Crippen molar-refractivity contribution in [2.24, 2.45) is 0 Å². The summed E-state index contributed by atoms with van der Waals surface area (Å²) in [7, 11) is 2.13. The Balaban J connectivity index is 1.60. The third kappa shape index (κ3) is 4.79. The first-order valence-corrected chi connectivity index (χ1v) is 8.97. The predicted octanol–water partition coefficient (Wildman–Crippen LogP) is 0.604. The Kier molecular flexibility index (Phi) is 6.03. The van der Waals surface area contributed by atoms with E-state index < -0.39 is 12.1 Å². The van der Waals surface area contributed by atoms with Crippen LogP contribution in [0.5, 0.6) is 0 Å². The van der Waals surface area contributed by atoms with Crippen LogP contribution in [0.25, 0.3) is 0 Å². The van der Waals surface area contributed by atoms with Gasteiger partial charge in [-0.05, 0) is 43.1 Å². The van der Waals surface area contributed by atoms with Crippen LogP contribution in [0.1, 0.15) is 23.1 Å². The fourth-order valence-electron chi connectivity index (χ4n) is 3.39. The number of fused-ring (bicyclic) bond motifs is 1. The molecular formula is C19H26N4O2. The molecule has 0 bridgehead atoms. The average molecular weight is 342 g/mol. The first kappa shape index (κ1) is 17.9. The molecule has 1 amide bonds. The summed E-state index contributed by atoms with van der Waals surface area (Å²) in [6.07, 6.45) is 1.93. The molecule has 3 rings (SSSR count). The summed E-state index contributed by atoms with van der Waals surface area (Å²) in [5.74, 6) is -0.208. The molecule has 6 heteroatoms. The average Bonchev–Trinajstić information content (AvgIpc) is 2.90. The van der Waals surface area contributed by atoms with E-state index in [1.807, 2.05) is 0 Å². The number of ether oxygens (including phenoxy) is 1. The zero-order valence-electron chi connectivity index (χ0n) is 14.8. The van der Waals surface area contributed by atoms with E-state index in [0.717, 1.165) is 38.0 Å². The molecule has 25 heavy (non-hydrogen) atoms. The zero-order valence-corrected chi connectivity index (χ0v) is 14.8. The van der Waals surface area contributed by atoms with Crippen LogP contribution in [-0.2, 0) is 28.9 Å². The lowest BCUT2D eigenvalue weighted by molar-refractivity contribution is -0.132. The van der Waals surface area contributed by atoms with Crippen molar-refractivity contribution in [2.45, 2.75) is 38.0 Å². The molecule has 134 valence electrons. The van der Waals surface area contributed by atoms with Gasteiger partial charge in [-0.25, -0.2) is 0 Å². The minimum absolute atomic E-state index is 0.208. The maximum absolute atomic E-state index is 12.3. The van der Waals surface area contributed by atoms with Crippen molar-refractivity contribution >= 4 is 5.91 Å². The molecule has 0 radical (unpaired) electrons. The maximum atomic E-state index is 12.3. The van der Waals surface area contributed by atoms with Crippen LogP contribution in [0.4, 0.5) is 0 Å². The van der Waals surface area contributed by atoms with Gasteiger partial charge in [0.1, 0.15) is 12.1 Å². The molecular weight excluding hydrogens is 316 g/mol. The van der Waals surface area contributed by atoms with E-state index in [2.05, 4.69) is 46.8 Å². The second-order valence-electron chi connectivity index (χ2n) is 6.90. The molecule has 2 N–H and O–H groups in total. The Labute approximate surface area is 149 Å². The predicted molar refractivity (Wildman–Crippen MR) is 95.0 cm³/mol. The largest absolute Gasteiger partial charge is 0.367 e. The maximum Gasteiger partial charge on any atom is 0.251 e. The molecule has 2 aliphatic rings. The molecule has 1 aromatic rings. The highest BCUT2D eigenvalue weighted by atomic mass is 16.5. The topological polar surface area (TPSA) is 77.4 Å². The number of benzene rings is 1. The number of hydrogen-bond donors (Lipinski definition) is 2. The lowest BCUT2D eigenvalue weighted by Crippen LogP contribution is -2.46. The van der Waals surface area contributed by atoms with E-state index in [-0.39, 0.29) is 5.91 Å². The summed E-state index contributed by atoms with van der Waals surface area (Å²) in [5, 5.41) is 15.4. The molecule has 0 spiro atoms. The van der Waals surface area contributed by atoms with Gasteiger partial charge in [0.2, 0.25) is 0 Å². The number of likely N-dealkylation sites (N-methyl/N-ethyl adjacent to an activating group) is 1. The molecule has 0 saturated carbocycles. The Morgan fingerprint density at radius 3 is 3.24 bits per heavy atom. The van der Waals surface area contributed by atoms with Gasteiger partial charge < -0.3 is 20.3 Å². The second-order valence-corrected chi connectivity index (χ2v) is 6.90. The van der Waals surface area contributed by atoms with E-state index in [4.69, 9.17) is 4.74 Å². The molecule has 0 aliphatic carbocycles. The Morgan fingerprint density at radius 2 is 2.40 bits per heavy atom. The molecule has 2 atom stereocenters. The molecule has 6 nitrogen and oxygen atoms in total.